The Kier molecular flexibility index (Phi) is 4.32. The van der Waals surface area contributed by atoms with Gasteiger partial charge >= 0.3 is 0 Å². The predicted molar refractivity (Wildman–Crippen MR) is 115 cm³/mol. The molecule has 0 fully saturated rings. The smallest absolute Gasteiger partial charge is 0.274 e. The maximum atomic E-state index is 13.3. The summed E-state index contributed by atoms with van der Waals surface area (Å²) in [6, 6.07) is 16.0. The van der Waals surface area contributed by atoms with Gasteiger partial charge in [-0.05, 0) is 77.7 Å². The van der Waals surface area contributed by atoms with Crippen molar-refractivity contribution >= 4 is 27.4 Å². The van der Waals surface area contributed by atoms with Gasteiger partial charge in [0, 0.05) is 22.8 Å². The van der Waals surface area contributed by atoms with Crippen molar-refractivity contribution in [3.63, 3.8) is 0 Å². The van der Waals surface area contributed by atoms with E-state index in [4.69, 9.17) is 4.42 Å². The largest absolute Gasteiger partial charge is 0.461 e. The number of hydrogen-bond donors (Lipinski definition) is 0. The zero-order chi connectivity index (χ0) is 20.1. The number of amides is 1. The van der Waals surface area contributed by atoms with Crippen LogP contribution in [0.2, 0.25) is 0 Å². The first-order chi connectivity index (χ1) is 14.0. The van der Waals surface area contributed by atoms with Gasteiger partial charge in [-0.25, -0.2) is 4.52 Å². The monoisotopic (exact) mass is 449 g/mol. The number of carbonyl (C=O) groups excluding carboxylic acids is 1. The Labute approximate surface area is 177 Å². The fourth-order valence-electron chi connectivity index (χ4n) is 4.17. The molecule has 0 saturated heterocycles. The standard InChI is InChI=1S/C23H20BrN3O2/c1-14-6-9-22(29-14)20-5-3-4-18-15(2)26(11-10-19(18)20)23(28)21-12-17-8-7-16(24)13-27(17)25-21/h3-9,12-13,15H,10-11H2,1-2H3. The summed E-state index contributed by atoms with van der Waals surface area (Å²) in [6.45, 7) is 4.69. The highest BCUT2D eigenvalue weighted by atomic mass is 79.9. The average Bonchev–Trinajstić information content (AvgIpc) is 3.33. The molecule has 5 rings (SSSR count). The number of hydrogen-bond acceptors (Lipinski definition) is 3. The zero-order valence-corrected chi connectivity index (χ0v) is 17.8. The fraction of sp³-hybridized carbons (Fsp3) is 0.217. The van der Waals surface area contributed by atoms with Crippen molar-refractivity contribution in [3.05, 3.63) is 81.8 Å². The molecule has 6 heteroatoms. The minimum absolute atomic E-state index is 0.0289. The molecule has 4 aromatic rings. The summed E-state index contributed by atoms with van der Waals surface area (Å²) in [7, 11) is 0. The highest BCUT2D eigenvalue weighted by molar-refractivity contribution is 9.10. The van der Waals surface area contributed by atoms with E-state index in [9.17, 15) is 4.79 Å². The van der Waals surface area contributed by atoms with Gasteiger partial charge in [-0.15, -0.1) is 0 Å². The van der Waals surface area contributed by atoms with E-state index in [2.05, 4.69) is 40.1 Å². The van der Waals surface area contributed by atoms with Crippen LogP contribution >= 0.6 is 15.9 Å². The van der Waals surface area contributed by atoms with E-state index in [1.807, 2.05) is 54.4 Å². The van der Waals surface area contributed by atoms with Crippen LogP contribution in [-0.2, 0) is 6.42 Å². The Morgan fingerprint density at radius 1 is 1.21 bits per heavy atom. The summed E-state index contributed by atoms with van der Waals surface area (Å²) in [5, 5.41) is 4.49. The number of aryl methyl sites for hydroxylation is 1. The van der Waals surface area contributed by atoms with Gasteiger partial charge in [-0.2, -0.15) is 5.10 Å². The maximum absolute atomic E-state index is 13.3. The molecule has 0 radical (unpaired) electrons. The molecule has 146 valence electrons. The van der Waals surface area contributed by atoms with Gasteiger partial charge < -0.3 is 9.32 Å². The molecule has 0 saturated carbocycles. The van der Waals surface area contributed by atoms with Crippen LogP contribution in [-0.4, -0.2) is 27.0 Å². The number of nitrogens with zero attached hydrogens (tertiary/aromatic N) is 3. The third kappa shape index (κ3) is 3.08. The van der Waals surface area contributed by atoms with Crippen LogP contribution in [0.15, 0.2) is 63.6 Å². The van der Waals surface area contributed by atoms with Crippen LogP contribution in [0.4, 0.5) is 0 Å². The molecule has 0 spiro atoms. The molecule has 3 aromatic heterocycles. The molecule has 1 unspecified atom stereocenters. The van der Waals surface area contributed by atoms with E-state index in [0.717, 1.165) is 33.5 Å². The number of aromatic nitrogens is 2. The van der Waals surface area contributed by atoms with Gasteiger partial charge in [0.15, 0.2) is 5.69 Å². The molecule has 0 aliphatic carbocycles. The predicted octanol–water partition coefficient (Wildman–Crippen LogP) is 5.42. The number of benzene rings is 1. The lowest BCUT2D eigenvalue weighted by Crippen LogP contribution is -2.39. The lowest BCUT2D eigenvalue weighted by Gasteiger charge is -2.35. The van der Waals surface area contributed by atoms with Crippen molar-refractivity contribution in [2.75, 3.05) is 6.54 Å². The number of fused-ring (bicyclic) bond motifs is 2. The minimum atomic E-state index is -0.0396. The Morgan fingerprint density at radius 3 is 2.86 bits per heavy atom. The van der Waals surface area contributed by atoms with E-state index in [0.29, 0.717) is 12.2 Å². The van der Waals surface area contributed by atoms with Crippen LogP contribution in [0.3, 0.4) is 0 Å². The minimum Gasteiger partial charge on any atom is -0.461 e. The van der Waals surface area contributed by atoms with Crippen molar-refractivity contribution in [1.29, 1.82) is 0 Å². The molecule has 1 aliphatic heterocycles. The van der Waals surface area contributed by atoms with Crippen molar-refractivity contribution in [1.82, 2.24) is 14.5 Å². The van der Waals surface area contributed by atoms with Crippen LogP contribution in [0.25, 0.3) is 16.8 Å². The molecule has 29 heavy (non-hydrogen) atoms. The van der Waals surface area contributed by atoms with E-state index in [-0.39, 0.29) is 11.9 Å². The first-order valence-electron chi connectivity index (χ1n) is 9.66. The Bertz CT molecular complexity index is 1240. The van der Waals surface area contributed by atoms with E-state index >= 15 is 0 Å². The molecule has 5 nitrogen and oxygen atoms in total. The molecule has 1 amide bonds. The third-order valence-electron chi connectivity index (χ3n) is 5.64. The highest BCUT2D eigenvalue weighted by Crippen LogP contribution is 2.37. The SMILES string of the molecule is Cc1ccc(-c2cccc3c2CCN(C(=O)c2cc4ccc(Br)cn4n2)C3C)o1. The second-order valence-corrected chi connectivity index (χ2v) is 8.37. The molecule has 1 atom stereocenters. The van der Waals surface area contributed by atoms with Gasteiger partial charge in [0.05, 0.1) is 11.6 Å². The lowest BCUT2D eigenvalue weighted by molar-refractivity contribution is 0.0671. The fourth-order valence-corrected chi connectivity index (χ4v) is 4.50. The molecule has 0 N–H and O–H groups in total. The van der Waals surface area contributed by atoms with Gasteiger partial charge in [0.25, 0.3) is 5.91 Å². The second kappa shape index (κ2) is 6.88. The second-order valence-electron chi connectivity index (χ2n) is 7.45. The summed E-state index contributed by atoms with van der Waals surface area (Å²) in [4.78, 5) is 15.2. The number of pyridine rings is 1. The summed E-state index contributed by atoms with van der Waals surface area (Å²) in [5.41, 5.74) is 4.92. The summed E-state index contributed by atoms with van der Waals surface area (Å²) in [5.74, 6) is 1.75. The van der Waals surface area contributed by atoms with Gasteiger partial charge in [-0.1, -0.05) is 18.2 Å². The number of carbonyl (C=O) groups is 1. The topological polar surface area (TPSA) is 50.8 Å². The quantitative estimate of drug-likeness (QED) is 0.410. The van der Waals surface area contributed by atoms with Crippen LogP contribution < -0.4 is 0 Å². The molecule has 1 aromatic carbocycles. The maximum Gasteiger partial charge on any atom is 0.274 e. The van der Waals surface area contributed by atoms with Gasteiger partial charge in [-0.3, -0.25) is 4.79 Å². The Hall–Kier alpha value is -2.86. The van der Waals surface area contributed by atoms with Gasteiger partial charge in [0.2, 0.25) is 0 Å². The normalized spacial score (nSPS) is 16.2. The molecule has 1 aliphatic rings. The van der Waals surface area contributed by atoms with Crippen molar-refractivity contribution in [3.8, 4) is 11.3 Å². The van der Waals surface area contributed by atoms with Crippen LogP contribution in [0.5, 0.6) is 0 Å². The highest BCUT2D eigenvalue weighted by Gasteiger charge is 2.31. The number of rotatable bonds is 2. The summed E-state index contributed by atoms with van der Waals surface area (Å²) < 4.78 is 8.52. The Morgan fingerprint density at radius 2 is 2.07 bits per heavy atom. The molecular weight excluding hydrogens is 430 g/mol. The van der Waals surface area contributed by atoms with Crippen LogP contribution in [0.1, 0.15) is 40.3 Å². The molecule has 0 bridgehead atoms. The number of halogens is 1. The van der Waals surface area contributed by atoms with Crippen molar-refractivity contribution < 1.29 is 9.21 Å². The Balaban J connectivity index is 1.49. The van der Waals surface area contributed by atoms with E-state index in [1.54, 1.807) is 4.52 Å². The summed E-state index contributed by atoms with van der Waals surface area (Å²) in [6.07, 6.45) is 2.65. The molecule has 4 heterocycles. The first-order valence-corrected chi connectivity index (χ1v) is 10.4. The van der Waals surface area contributed by atoms with E-state index in [1.165, 1.54) is 11.1 Å². The third-order valence-corrected chi connectivity index (χ3v) is 6.11. The van der Waals surface area contributed by atoms with Crippen molar-refractivity contribution in [2.45, 2.75) is 26.3 Å². The zero-order valence-electron chi connectivity index (χ0n) is 16.2. The average molecular weight is 450 g/mol. The number of furan rings is 1. The molecular formula is C23H20BrN3O2. The first kappa shape index (κ1) is 18.2. The van der Waals surface area contributed by atoms with Crippen molar-refractivity contribution in [2.24, 2.45) is 0 Å². The van der Waals surface area contributed by atoms with E-state index < -0.39 is 0 Å². The lowest BCUT2D eigenvalue weighted by atomic mass is 9.88. The summed E-state index contributed by atoms with van der Waals surface area (Å²) >= 11 is 3.45. The van der Waals surface area contributed by atoms with Gasteiger partial charge in [0.1, 0.15) is 11.5 Å². The van der Waals surface area contributed by atoms with Crippen LogP contribution in [0, 0.1) is 6.92 Å².